The summed E-state index contributed by atoms with van der Waals surface area (Å²) in [5.74, 6) is 0.658. The lowest BCUT2D eigenvalue weighted by atomic mass is 10.1. The standard InChI is InChI=1S/C15H20N4O2/c1-10-8-11(2)19(16-10)9-13-12(3)21-17-14(13)15(20)18-6-4-5-7-18/h8H,4-7,9H2,1-3H3. The fraction of sp³-hybridized carbons (Fsp3) is 0.533. The van der Waals surface area contributed by atoms with E-state index in [1.807, 2.05) is 36.4 Å². The predicted octanol–water partition coefficient (Wildman–Crippen LogP) is 2.08. The molecule has 0 spiro atoms. The van der Waals surface area contributed by atoms with E-state index in [1.165, 1.54) is 0 Å². The van der Waals surface area contributed by atoms with E-state index in [0.29, 0.717) is 18.0 Å². The van der Waals surface area contributed by atoms with Gasteiger partial charge in [-0.3, -0.25) is 9.48 Å². The van der Waals surface area contributed by atoms with Crippen molar-refractivity contribution in [3.05, 3.63) is 34.5 Å². The molecule has 6 nitrogen and oxygen atoms in total. The van der Waals surface area contributed by atoms with Crippen LogP contribution in [-0.4, -0.2) is 38.8 Å². The maximum absolute atomic E-state index is 12.5. The Morgan fingerprint density at radius 2 is 2.00 bits per heavy atom. The van der Waals surface area contributed by atoms with Crippen molar-refractivity contribution in [2.24, 2.45) is 0 Å². The van der Waals surface area contributed by atoms with Crippen molar-refractivity contribution in [1.82, 2.24) is 19.8 Å². The van der Waals surface area contributed by atoms with Gasteiger partial charge in [-0.15, -0.1) is 0 Å². The van der Waals surface area contributed by atoms with Crippen LogP contribution in [0.25, 0.3) is 0 Å². The van der Waals surface area contributed by atoms with E-state index in [-0.39, 0.29) is 5.91 Å². The number of amides is 1. The molecule has 1 saturated heterocycles. The summed E-state index contributed by atoms with van der Waals surface area (Å²) in [5, 5.41) is 8.43. The van der Waals surface area contributed by atoms with Crippen molar-refractivity contribution in [3.63, 3.8) is 0 Å². The molecule has 0 aromatic carbocycles. The number of hydrogen-bond acceptors (Lipinski definition) is 4. The SMILES string of the molecule is Cc1cc(C)n(Cc2c(C(=O)N3CCCC3)noc2C)n1. The van der Waals surface area contributed by atoms with Gasteiger partial charge in [0.15, 0.2) is 5.69 Å². The minimum Gasteiger partial charge on any atom is -0.361 e. The van der Waals surface area contributed by atoms with Gasteiger partial charge in [0.05, 0.1) is 12.2 Å². The van der Waals surface area contributed by atoms with Gasteiger partial charge in [0.25, 0.3) is 5.91 Å². The molecule has 3 rings (SSSR count). The minimum absolute atomic E-state index is 0.0270. The monoisotopic (exact) mass is 288 g/mol. The summed E-state index contributed by atoms with van der Waals surface area (Å²) in [7, 11) is 0. The van der Waals surface area contributed by atoms with Crippen LogP contribution in [-0.2, 0) is 6.54 Å². The highest BCUT2D eigenvalue weighted by Crippen LogP contribution is 2.20. The summed E-state index contributed by atoms with van der Waals surface area (Å²) in [5.41, 5.74) is 3.29. The van der Waals surface area contributed by atoms with Crippen molar-refractivity contribution in [2.75, 3.05) is 13.1 Å². The van der Waals surface area contributed by atoms with Crippen LogP contribution in [0.2, 0.25) is 0 Å². The van der Waals surface area contributed by atoms with E-state index in [4.69, 9.17) is 4.52 Å². The van der Waals surface area contributed by atoms with Crippen LogP contribution in [0.4, 0.5) is 0 Å². The molecular formula is C15H20N4O2. The average Bonchev–Trinajstić information content (AvgIpc) is 3.13. The Hall–Kier alpha value is -2.11. The van der Waals surface area contributed by atoms with Gasteiger partial charge in [-0.25, -0.2) is 0 Å². The molecule has 1 fully saturated rings. The van der Waals surface area contributed by atoms with Gasteiger partial charge in [0.1, 0.15) is 5.76 Å². The van der Waals surface area contributed by atoms with Gasteiger partial charge in [-0.1, -0.05) is 5.16 Å². The van der Waals surface area contributed by atoms with Crippen LogP contribution in [0, 0.1) is 20.8 Å². The lowest BCUT2D eigenvalue weighted by molar-refractivity contribution is 0.0781. The zero-order valence-electron chi connectivity index (χ0n) is 12.7. The molecule has 6 heteroatoms. The summed E-state index contributed by atoms with van der Waals surface area (Å²) in [6.45, 7) is 7.94. The molecule has 0 atom stereocenters. The second-order valence-electron chi connectivity index (χ2n) is 5.65. The zero-order chi connectivity index (χ0) is 15.0. The third-order valence-electron chi connectivity index (χ3n) is 3.99. The Morgan fingerprint density at radius 3 is 2.62 bits per heavy atom. The van der Waals surface area contributed by atoms with Crippen LogP contribution in [0.1, 0.15) is 46.0 Å². The van der Waals surface area contributed by atoms with Crippen molar-refractivity contribution in [3.8, 4) is 0 Å². The van der Waals surface area contributed by atoms with E-state index >= 15 is 0 Å². The molecule has 1 aliphatic heterocycles. The van der Waals surface area contributed by atoms with Crippen LogP contribution >= 0.6 is 0 Å². The Morgan fingerprint density at radius 1 is 1.29 bits per heavy atom. The number of nitrogens with zero attached hydrogens (tertiary/aromatic N) is 4. The van der Waals surface area contributed by atoms with Crippen molar-refractivity contribution in [1.29, 1.82) is 0 Å². The molecule has 0 bridgehead atoms. The number of carbonyl (C=O) groups is 1. The second kappa shape index (κ2) is 5.35. The van der Waals surface area contributed by atoms with E-state index in [9.17, 15) is 4.79 Å². The normalized spacial score (nSPS) is 14.9. The molecule has 1 aliphatic rings. The maximum Gasteiger partial charge on any atom is 0.276 e. The zero-order valence-corrected chi connectivity index (χ0v) is 12.7. The van der Waals surface area contributed by atoms with Crippen LogP contribution < -0.4 is 0 Å². The first kappa shape index (κ1) is 13.9. The smallest absolute Gasteiger partial charge is 0.276 e. The molecule has 3 heterocycles. The molecule has 0 saturated carbocycles. The second-order valence-corrected chi connectivity index (χ2v) is 5.65. The van der Waals surface area contributed by atoms with Gasteiger partial charge in [-0.2, -0.15) is 5.10 Å². The Labute approximate surface area is 123 Å². The van der Waals surface area contributed by atoms with E-state index in [2.05, 4.69) is 10.3 Å². The Bertz CT molecular complexity index is 665. The summed E-state index contributed by atoms with van der Waals surface area (Å²) >= 11 is 0. The van der Waals surface area contributed by atoms with Gasteiger partial charge < -0.3 is 9.42 Å². The van der Waals surface area contributed by atoms with Gasteiger partial charge in [0.2, 0.25) is 0 Å². The molecule has 21 heavy (non-hydrogen) atoms. The van der Waals surface area contributed by atoms with Gasteiger partial charge >= 0.3 is 0 Å². The summed E-state index contributed by atoms with van der Waals surface area (Å²) in [4.78, 5) is 14.4. The largest absolute Gasteiger partial charge is 0.361 e. The molecule has 2 aromatic rings. The molecule has 1 amide bonds. The first-order valence-corrected chi connectivity index (χ1v) is 7.31. The quantitative estimate of drug-likeness (QED) is 0.867. The van der Waals surface area contributed by atoms with Crippen molar-refractivity contribution < 1.29 is 9.32 Å². The van der Waals surface area contributed by atoms with Crippen molar-refractivity contribution >= 4 is 5.91 Å². The number of hydrogen-bond donors (Lipinski definition) is 0. The van der Waals surface area contributed by atoms with E-state index in [0.717, 1.165) is 42.9 Å². The highest BCUT2D eigenvalue weighted by atomic mass is 16.5. The molecular weight excluding hydrogens is 268 g/mol. The first-order chi connectivity index (χ1) is 10.1. The van der Waals surface area contributed by atoms with Crippen LogP contribution in [0.15, 0.2) is 10.6 Å². The highest BCUT2D eigenvalue weighted by molar-refractivity contribution is 5.94. The van der Waals surface area contributed by atoms with E-state index < -0.39 is 0 Å². The van der Waals surface area contributed by atoms with E-state index in [1.54, 1.807) is 0 Å². The summed E-state index contributed by atoms with van der Waals surface area (Å²) < 4.78 is 7.14. The average molecular weight is 288 g/mol. The van der Waals surface area contributed by atoms with Gasteiger partial charge in [-0.05, 0) is 39.7 Å². The topological polar surface area (TPSA) is 64.2 Å². The fourth-order valence-electron chi connectivity index (χ4n) is 2.80. The Kier molecular flexibility index (Phi) is 3.53. The molecule has 0 radical (unpaired) electrons. The minimum atomic E-state index is -0.0270. The third kappa shape index (κ3) is 2.57. The number of carbonyl (C=O) groups excluding carboxylic acids is 1. The molecule has 112 valence electrons. The third-order valence-corrected chi connectivity index (χ3v) is 3.99. The van der Waals surface area contributed by atoms with Crippen molar-refractivity contribution in [2.45, 2.75) is 40.2 Å². The lowest BCUT2D eigenvalue weighted by Crippen LogP contribution is -2.29. The molecule has 2 aromatic heterocycles. The summed E-state index contributed by atoms with van der Waals surface area (Å²) in [6.07, 6.45) is 2.13. The molecule has 0 N–H and O–H groups in total. The van der Waals surface area contributed by atoms with Crippen LogP contribution in [0.3, 0.4) is 0 Å². The Balaban J connectivity index is 1.90. The predicted molar refractivity (Wildman–Crippen MR) is 77.2 cm³/mol. The molecule has 0 unspecified atom stereocenters. The lowest BCUT2D eigenvalue weighted by Gasteiger charge is -2.14. The highest BCUT2D eigenvalue weighted by Gasteiger charge is 2.27. The number of aryl methyl sites for hydroxylation is 3. The fourth-order valence-corrected chi connectivity index (χ4v) is 2.80. The molecule has 0 aliphatic carbocycles. The summed E-state index contributed by atoms with van der Waals surface area (Å²) in [6, 6.07) is 2.02. The number of likely N-dealkylation sites (tertiary alicyclic amines) is 1. The number of rotatable bonds is 3. The first-order valence-electron chi connectivity index (χ1n) is 7.31. The number of aromatic nitrogens is 3. The maximum atomic E-state index is 12.5. The van der Waals surface area contributed by atoms with Crippen LogP contribution in [0.5, 0.6) is 0 Å². The van der Waals surface area contributed by atoms with Gasteiger partial charge in [0, 0.05) is 24.3 Å².